The Morgan fingerprint density at radius 2 is 2.15 bits per heavy atom. The molecule has 0 bridgehead atoms. The smallest absolute Gasteiger partial charge is 0.271 e. The minimum absolute atomic E-state index is 0.119. The highest BCUT2D eigenvalue weighted by Crippen LogP contribution is 2.26. The van der Waals surface area contributed by atoms with Crippen LogP contribution in [0.2, 0.25) is 0 Å². The van der Waals surface area contributed by atoms with Gasteiger partial charge in [-0.05, 0) is 18.4 Å². The molecule has 0 aliphatic carbocycles. The van der Waals surface area contributed by atoms with E-state index in [0.29, 0.717) is 30.4 Å². The van der Waals surface area contributed by atoms with E-state index in [1.807, 2.05) is 30.3 Å². The predicted molar refractivity (Wildman–Crippen MR) is 94.8 cm³/mol. The van der Waals surface area contributed by atoms with Crippen molar-refractivity contribution in [1.82, 2.24) is 20.4 Å². The minimum Gasteiger partial charge on any atom is -0.368 e. The normalized spacial score (nSPS) is 16.7. The lowest BCUT2D eigenvalue weighted by Crippen LogP contribution is -2.23. The average molecular weight is 370 g/mol. The second kappa shape index (κ2) is 7.76. The molecular formula is C18H18N4O3S. The number of ether oxygens (including phenoxy) is 1. The topological polar surface area (TPSA) is 90.1 Å². The standard InChI is InChI=1S/C18H18N4O3S/c23-17(13-11-26-16(20-13)9-12-5-2-1-3-6-12)19-10-15-21-18(25-22-15)14-7-4-8-24-14/h1-3,5-6,11,14H,4,7-10H2,(H,19,23)/t14-/m0/s1. The highest BCUT2D eigenvalue weighted by atomic mass is 32.1. The third-order valence-electron chi connectivity index (χ3n) is 4.08. The zero-order valence-corrected chi connectivity index (χ0v) is 14.9. The van der Waals surface area contributed by atoms with Gasteiger partial charge in [0.25, 0.3) is 11.8 Å². The summed E-state index contributed by atoms with van der Waals surface area (Å²) < 4.78 is 10.7. The number of nitrogens with zero attached hydrogens (tertiary/aromatic N) is 3. The van der Waals surface area contributed by atoms with Crippen LogP contribution in [0, 0.1) is 0 Å². The molecule has 3 aromatic rings. The third kappa shape index (κ3) is 3.97. The molecule has 1 amide bonds. The first-order chi connectivity index (χ1) is 12.8. The molecule has 1 N–H and O–H groups in total. The number of nitrogens with one attached hydrogen (secondary N) is 1. The van der Waals surface area contributed by atoms with Crippen molar-refractivity contribution in [1.29, 1.82) is 0 Å². The highest BCUT2D eigenvalue weighted by molar-refractivity contribution is 7.09. The van der Waals surface area contributed by atoms with Gasteiger partial charge < -0.3 is 14.6 Å². The van der Waals surface area contributed by atoms with Gasteiger partial charge in [-0.1, -0.05) is 35.5 Å². The molecule has 26 heavy (non-hydrogen) atoms. The van der Waals surface area contributed by atoms with E-state index < -0.39 is 0 Å². The molecule has 4 rings (SSSR count). The average Bonchev–Trinajstić information content (AvgIpc) is 3.41. The SMILES string of the molecule is O=C(NCc1noc([C@@H]2CCCO2)n1)c1csc(Cc2ccccc2)n1. The van der Waals surface area contributed by atoms with Crippen LogP contribution in [-0.4, -0.2) is 27.6 Å². The van der Waals surface area contributed by atoms with Crippen molar-refractivity contribution in [2.24, 2.45) is 0 Å². The second-order valence-corrected chi connectivity index (χ2v) is 6.96. The molecule has 2 aromatic heterocycles. The zero-order valence-electron chi connectivity index (χ0n) is 14.1. The molecule has 1 aromatic carbocycles. The largest absolute Gasteiger partial charge is 0.368 e. The Hall–Kier alpha value is -2.58. The molecule has 1 atom stereocenters. The number of benzene rings is 1. The minimum atomic E-state index is -0.246. The van der Waals surface area contributed by atoms with Gasteiger partial charge in [0.2, 0.25) is 0 Å². The number of thiazole rings is 1. The zero-order chi connectivity index (χ0) is 17.8. The van der Waals surface area contributed by atoms with Gasteiger partial charge in [-0.15, -0.1) is 11.3 Å². The summed E-state index contributed by atoms with van der Waals surface area (Å²) in [6.45, 7) is 0.912. The Balaban J connectivity index is 1.32. The highest BCUT2D eigenvalue weighted by Gasteiger charge is 2.24. The molecule has 0 spiro atoms. The molecule has 1 aliphatic rings. The lowest BCUT2D eigenvalue weighted by Gasteiger charge is -2.01. The fourth-order valence-electron chi connectivity index (χ4n) is 2.76. The van der Waals surface area contributed by atoms with Crippen molar-refractivity contribution in [2.45, 2.75) is 31.9 Å². The maximum absolute atomic E-state index is 12.3. The molecule has 1 fully saturated rings. The molecule has 7 nitrogen and oxygen atoms in total. The summed E-state index contributed by atoms with van der Waals surface area (Å²) in [7, 11) is 0. The van der Waals surface area contributed by atoms with Gasteiger partial charge in [0, 0.05) is 18.4 Å². The fourth-order valence-corrected chi connectivity index (χ4v) is 3.57. The van der Waals surface area contributed by atoms with Crippen LogP contribution in [0.4, 0.5) is 0 Å². The molecule has 0 unspecified atom stereocenters. The van der Waals surface area contributed by atoms with Crippen molar-refractivity contribution in [3.05, 3.63) is 63.7 Å². The molecule has 134 valence electrons. The van der Waals surface area contributed by atoms with Crippen molar-refractivity contribution in [2.75, 3.05) is 6.61 Å². The summed E-state index contributed by atoms with van der Waals surface area (Å²) in [6, 6.07) is 10.1. The van der Waals surface area contributed by atoms with E-state index in [4.69, 9.17) is 9.26 Å². The Kier molecular flexibility index (Phi) is 5.03. The van der Waals surface area contributed by atoms with E-state index >= 15 is 0 Å². The Labute approximate surface area is 154 Å². The molecule has 0 saturated carbocycles. The van der Waals surface area contributed by atoms with E-state index in [9.17, 15) is 4.79 Å². The van der Waals surface area contributed by atoms with E-state index in [2.05, 4.69) is 20.4 Å². The Morgan fingerprint density at radius 1 is 1.27 bits per heavy atom. The number of carbonyl (C=O) groups excluding carboxylic acids is 1. The summed E-state index contributed by atoms with van der Waals surface area (Å²) in [4.78, 5) is 21.0. The lowest BCUT2D eigenvalue weighted by molar-refractivity contribution is 0.0835. The number of hydrogen-bond acceptors (Lipinski definition) is 7. The Bertz CT molecular complexity index is 871. The molecular weight excluding hydrogens is 352 g/mol. The molecule has 8 heteroatoms. The summed E-state index contributed by atoms with van der Waals surface area (Å²) in [5, 5.41) is 9.33. The molecule has 1 saturated heterocycles. The number of rotatable bonds is 6. The van der Waals surface area contributed by atoms with Crippen molar-refractivity contribution >= 4 is 17.2 Å². The lowest BCUT2D eigenvalue weighted by atomic mass is 10.2. The number of carbonyl (C=O) groups is 1. The fraction of sp³-hybridized carbons (Fsp3) is 0.333. The van der Waals surface area contributed by atoms with Gasteiger partial charge in [-0.2, -0.15) is 4.98 Å². The van der Waals surface area contributed by atoms with Gasteiger partial charge in [-0.3, -0.25) is 4.79 Å². The maximum atomic E-state index is 12.3. The summed E-state index contributed by atoms with van der Waals surface area (Å²) in [6.07, 6.45) is 2.48. The number of hydrogen-bond donors (Lipinski definition) is 1. The molecule has 3 heterocycles. The maximum Gasteiger partial charge on any atom is 0.271 e. The van der Waals surface area contributed by atoms with Crippen LogP contribution in [0.15, 0.2) is 40.2 Å². The van der Waals surface area contributed by atoms with E-state index in [1.165, 1.54) is 16.9 Å². The summed E-state index contributed by atoms with van der Waals surface area (Å²) >= 11 is 1.48. The third-order valence-corrected chi connectivity index (χ3v) is 4.93. The van der Waals surface area contributed by atoms with Gasteiger partial charge in [0.15, 0.2) is 5.82 Å². The monoisotopic (exact) mass is 370 g/mol. The van der Waals surface area contributed by atoms with Crippen LogP contribution in [-0.2, 0) is 17.7 Å². The van der Waals surface area contributed by atoms with Crippen molar-refractivity contribution < 1.29 is 14.1 Å². The van der Waals surface area contributed by atoms with Crippen molar-refractivity contribution in [3.8, 4) is 0 Å². The number of aromatic nitrogens is 3. The van der Waals surface area contributed by atoms with Gasteiger partial charge in [0.1, 0.15) is 11.8 Å². The van der Waals surface area contributed by atoms with E-state index in [-0.39, 0.29) is 18.6 Å². The quantitative estimate of drug-likeness (QED) is 0.717. The summed E-state index contributed by atoms with van der Waals surface area (Å²) in [5.74, 6) is 0.665. The van der Waals surface area contributed by atoms with Crippen LogP contribution in [0.5, 0.6) is 0 Å². The van der Waals surface area contributed by atoms with E-state index in [1.54, 1.807) is 5.38 Å². The molecule has 1 aliphatic heterocycles. The number of amides is 1. The van der Waals surface area contributed by atoms with Crippen LogP contribution in [0.25, 0.3) is 0 Å². The van der Waals surface area contributed by atoms with Crippen LogP contribution in [0.1, 0.15) is 51.7 Å². The van der Waals surface area contributed by atoms with Crippen LogP contribution < -0.4 is 5.32 Å². The van der Waals surface area contributed by atoms with Crippen LogP contribution in [0.3, 0.4) is 0 Å². The van der Waals surface area contributed by atoms with E-state index in [0.717, 1.165) is 17.8 Å². The first-order valence-electron chi connectivity index (χ1n) is 8.48. The second-order valence-electron chi connectivity index (χ2n) is 6.02. The van der Waals surface area contributed by atoms with Gasteiger partial charge in [0.05, 0.1) is 11.6 Å². The Morgan fingerprint density at radius 3 is 2.96 bits per heavy atom. The first-order valence-corrected chi connectivity index (χ1v) is 9.36. The van der Waals surface area contributed by atoms with Gasteiger partial charge in [-0.25, -0.2) is 4.98 Å². The van der Waals surface area contributed by atoms with Crippen LogP contribution >= 0.6 is 11.3 Å². The van der Waals surface area contributed by atoms with Gasteiger partial charge >= 0.3 is 0 Å². The molecule has 0 radical (unpaired) electrons. The predicted octanol–water partition coefficient (Wildman–Crippen LogP) is 2.90. The van der Waals surface area contributed by atoms with Crippen molar-refractivity contribution in [3.63, 3.8) is 0 Å². The first kappa shape index (κ1) is 16.9. The summed E-state index contributed by atoms with van der Waals surface area (Å²) in [5.41, 5.74) is 1.58.